The van der Waals surface area contributed by atoms with Crippen LogP contribution in [-0.2, 0) is 6.18 Å². The molecule has 0 radical (unpaired) electrons. The Morgan fingerprint density at radius 1 is 1.10 bits per heavy atom. The van der Waals surface area contributed by atoms with Gasteiger partial charge in [0, 0.05) is 56.9 Å². The zero-order chi connectivity index (χ0) is 28.3. The fraction of sp³-hybridized carbons (Fsp3) is 0.370. The summed E-state index contributed by atoms with van der Waals surface area (Å²) >= 11 is 0. The van der Waals surface area contributed by atoms with Gasteiger partial charge in [-0.05, 0) is 36.8 Å². The number of amides is 1. The van der Waals surface area contributed by atoms with Gasteiger partial charge >= 0.3 is 6.18 Å². The van der Waals surface area contributed by atoms with Crippen LogP contribution in [0.4, 0.5) is 24.7 Å². The van der Waals surface area contributed by atoms with E-state index < -0.39 is 17.3 Å². The van der Waals surface area contributed by atoms with Gasteiger partial charge < -0.3 is 19.4 Å². The number of hydrogen-bond acceptors (Lipinski definition) is 8. The summed E-state index contributed by atoms with van der Waals surface area (Å²) in [5.74, 6) is 1.07. The number of H-pyrrole nitrogens is 1. The van der Waals surface area contributed by atoms with E-state index in [1.165, 1.54) is 11.1 Å². The van der Waals surface area contributed by atoms with Crippen LogP contribution in [0.15, 0.2) is 53.6 Å². The number of benzene rings is 1. The number of nitrogens with zero attached hydrogens (tertiary/aromatic N) is 6. The smallest absolute Gasteiger partial charge is 0.423 e. The third kappa shape index (κ3) is 5.85. The monoisotopic (exact) mass is 553 g/mol. The molecular formula is C27H26F3N7O3. The second-order valence-corrected chi connectivity index (χ2v) is 9.69. The first-order valence-corrected chi connectivity index (χ1v) is 12.8. The first-order chi connectivity index (χ1) is 19.2. The van der Waals surface area contributed by atoms with Gasteiger partial charge in [0.25, 0.3) is 11.5 Å². The quantitative estimate of drug-likeness (QED) is 0.495. The zero-order valence-electron chi connectivity index (χ0n) is 21.4. The number of carbonyl (C=O) groups is 1. The largest absolute Gasteiger partial charge is 0.493 e. The van der Waals surface area contributed by atoms with Crippen molar-refractivity contribution in [3.05, 3.63) is 75.8 Å². The molecule has 1 atom stereocenters. The summed E-state index contributed by atoms with van der Waals surface area (Å²) in [5.41, 5.74) is -1.77. The number of carbonyl (C=O) groups excluding carboxylic acids is 1. The van der Waals surface area contributed by atoms with Gasteiger partial charge in [-0.25, -0.2) is 10.1 Å². The number of halogens is 3. The molecule has 2 aliphatic rings. The van der Waals surface area contributed by atoms with Crippen LogP contribution in [0, 0.1) is 17.2 Å². The Hall–Kier alpha value is -4.60. The van der Waals surface area contributed by atoms with E-state index in [1.807, 2.05) is 11.2 Å². The minimum absolute atomic E-state index is 0.0661. The number of piperazine rings is 1. The van der Waals surface area contributed by atoms with Gasteiger partial charge in [0.15, 0.2) is 0 Å². The van der Waals surface area contributed by atoms with Crippen LogP contribution >= 0.6 is 0 Å². The number of aromatic nitrogens is 3. The van der Waals surface area contributed by atoms with E-state index in [9.17, 15) is 22.8 Å². The molecule has 40 heavy (non-hydrogen) atoms. The van der Waals surface area contributed by atoms with Gasteiger partial charge in [-0.2, -0.15) is 23.5 Å². The first-order valence-electron chi connectivity index (χ1n) is 12.8. The summed E-state index contributed by atoms with van der Waals surface area (Å²) < 4.78 is 46.3. The Balaban J connectivity index is 1.15. The molecule has 13 heteroatoms. The Kier molecular flexibility index (Phi) is 7.59. The lowest BCUT2D eigenvalue weighted by atomic mass is 10.1. The van der Waals surface area contributed by atoms with E-state index in [-0.39, 0.29) is 30.7 Å². The van der Waals surface area contributed by atoms with E-state index in [4.69, 9.17) is 10.00 Å². The average Bonchev–Trinajstić information content (AvgIpc) is 3.44. The van der Waals surface area contributed by atoms with Crippen molar-refractivity contribution in [3.63, 3.8) is 0 Å². The molecule has 0 saturated carbocycles. The van der Waals surface area contributed by atoms with Crippen LogP contribution in [0.2, 0.25) is 0 Å². The van der Waals surface area contributed by atoms with E-state index in [2.05, 4.69) is 15.0 Å². The maximum absolute atomic E-state index is 13.4. The molecule has 2 aliphatic heterocycles. The van der Waals surface area contributed by atoms with Crippen LogP contribution in [0.1, 0.15) is 27.9 Å². The summed E-state index contributed by atoms with van der Waals surface area (Å²) in [5, 5.41) is 14.3. The molecule has 2 fully saturated rings. The molecule has 0 spiro atoms. The number of aromatic amines is 1. The molecule has 208 valence electrons. The third-order valence-corrected chi connectivity index (χ3v) is 7.08. The lowest BCUT2D eigenvalue weighted by molar-refractivity contribution is -0.138. The van der Waals surface area contributed by atoms with Crippen molar-refractivity contribution in [2.75, 3.05) is 55.7 Å². The lowest BCUT2D eigenvalue weighted by Crippen LogP contribution is -2.49. The Bertz CT molecular complexity index is 1460. The summed E-state index contributed by atoms with van der Waals surface area (Å²) in [6.45, 7) is 3.12. The molecule has 1 unspecified atom stereocenters. The molecule has 4 heterocycles. The second kappa shape index (κ2) is 11.3. The molecule has 0 bridgehead atoms. The molecule has 1 amide bonds. The highest BCUT2D eigenvalue weighted by Crippen LogP contribution is 2.35. The highest BCUT2D eigenvalue weighted by Gasteiger charge is 2.40. The predicted octanol–water partition coefficient (Wildman–Crippen LogP) is 2.92. The molecule has 2 aromatic heterocycles. The Morgan fingerprint density at radius 2 is 1.90 bits per heavy atom. The number of pyridine rings is 1. The van der Waals surface area contributed by atoms with Crippen molar-refractivity contribution in [1.82, 2.24) is 20.1 Å². The van der Waals surface area contributed by atoms with Gasteiger partial charge in [-0.3, -0.25) is 9.59 Å². The predicted molar refractivity (Wildman–Crippen MR) is 139 cm³/mol. The Morgan fingerprint density at radius 3 is 2.60 bits per heavy atom. The van der Waals surface area contributed by atoms with Crippen molar-refractivity contribution >= 4 is 17.4 Å². The summed E-state index contributed by atoms with van der Waals surface area (Å²) in [4.78, 5) is 34.6. The average molecular weight is 554 g/mol. The standard InChI is InChI=1S/C27H26F3N7O3/c28-27(29,30)24-22(15-33-34-25(24)38)37-7-6-19(16-37)17-40-21-3-1-2-20(12-21)26(39)36-10-8-35(9-11-36)23-5-4-18(13-31)14-32-23/h1-5,12,14-15,19H,6-11,16-17H2,(H,34,38). The minimum atomic E-state index is -4.79. The van der Waals surface area contributed by atoms with E-state index in [0.29, 0.717) is 56.0 Å². The number of ether oxygens (including phenoxy) is 1. The van der Waals surface area contributed by atoms with E-state index >= 15 is 0 Å². The highest BCUT2D eigenvalue weighted by atomic mass is 19.4. The number of hydrogen-bond donors (Lipinski definition) is 1. The number of rotatable bonds is 6. The van der Waals surface area contributed by atoms with E-state index in [1.54, 1.807) is 41.3 Å². The minimum Gasteiger partial charge on any atom is -0.493 e. The summed E-state index contributed by atoms with van der Waals surface area (Å²) in [6, 6.07) is 12.4. The van der Waals surface area contributed by atoms with Gasteiger partial charge in [-0.1, -0.05) is 6.07 Å². The first kappa shape index (κ1) is 27.0. The molecule has 1 N–H and O–H groups in total. The lowest BCUT2D eigenvalue weighted by Gasteiger charge is -2.35. The van der Waals surface area contributed by atoms with Crippen molar-refractivity contribution in [3.8, 4) is 11.8 Å². The van der Waals surface area contributed by atoms with Gasteiger partial charge in [0.05, 0.1) is 24.1 Å². The number of anilines is 2. The van der Waals surface area contributed by atoms with Crippen LogP contribution < -0.4 is 20.1 Å². The van der Waals surface area contributed by atoms with Crippen LogP contribution in [0.3, 0.4) is 0 Å². The molecular weight excluding hydrogens is 527 g/mol. The molecule has 0 aliphatic carbocycles. The number of nitriles is 1. The highest BCUT2D eigenvalue weighted by molar-refractivity contribution is 5.94. The van der Waals surface area contributed by atoms with Crippen molar-refractivity contribution in [2.24, 2.45) is 5.92 Å². The molecule has 10 nitrogen and oxygen atoms in total. The van der Waals surface area contributed by atoms with Crippen LogP contribution in [-0.4, -0.2) is 71.9 Å². The van der Waals surface area contributed by atoms with Crippen molar-refractivity contribution in [1.29, 1.82) is 5.26 Å². The fourth-order valence-electron chi connectivity index (χ4n) is 4.98. The summed E-state index contributed by atoms with van der Waals surface area (Å²) in [6.07, 6.45) is -1.65. The van der Waals surface area contributed by atoms with E-state index in [0.717, 1.165) is 12.0 Å². The maximum Gasteiger partial charge on any atom is 0.423 e. The van der Waals surface area contributed by atoms with Gasteiger partial charge in [0.1, 0.15) is 23.2 Å². The number of nitrogens with one attached hydrogen (secondary N) is 1. The summed E-state index contributed by atoms with van der Waals surface area (Å²) in [7, 11) is 0. The van der Waals surface area contributed by atoms with Crippen molar-refractivity contribution in [2.45, 2.75) is 12.6 Å². The molecule has 1 aromatic carbocycles. The Labute approximate surface area is 227 Å². The van der Waals surface area contributed by atoms with Crippen LogP contribution in [0.5, 0.6) is 5.75 Å². The van der Waals surface area contributed by atoms with Crippen LogP contribution in [0.25, 0.3) is 0 Å². The maximum atomic E-state index is 13.4. The fourth-order valence-corrected chi connectivity index (χ4v) is 4.98. The third-order valence-electron chi connectivity index (χ3n) is 7.08. The normalized spacial score (nSPS) is 17.6. The topological polar surface area (TPSA) is 118 Å². The molecule has 2 saturated heterocycles. The van der Waals surface area contributed by atoms with Crippen molar-refractivity contribution < 1.29 is 22.7 Å². The molecule has 3 aromatic rings. The number of alkyl halides is 3. The SMILES string of the molecule is N#Cc1ccc(N2CCN(C(=O)c3cccc(OCC4CCN(c5cn[nH]c(=O)c5C(F)(F)F)C4)c3)CC2)nc1. The van der Waals surface area contributed by atoms with Gasteiger partial charge in [-0.15, -0.1) is 0 Å². The zero-order valence-corrected chi connectivity index (χ0v) is 21.4. The second-order valence-electron chi connectivity index (χ2n) is 9.69. The van der Waals surface area contributed by atoms with Gasteiger partial charge in [0.2, 0.25) is 0 Å². The molecule has 5 rings (SSSR count).